The van der Waals surface area contributed by atoms with Crippen LogP contribution >= 0.6 is 0 Å². The van der Waals surface area contributed by atoms with Gasteiger partial charge >= 0.3 is 5.69 Å². The van der Waals surface area contributed by atoms with E-state index in [4.69, 9.17) is 5.73 Å². The number of nitrogens with two attached hydrogens (primary N) is 1. The Bertz CT molecular complexity index is 1090. The van der Waals surface area contributed by atoms with Crippen molar-refractivity contribution in [3.63, 3.8) is 0 Å². The summed E-state index contributed by atoms with van der Waals surface area (Å²) in [5.74, 6) is -0.583. The molecule has 176 valence electrons. The molecule has 0 aliphatic carbocycles. The molecule has 0 aliphatic heterocycles. The van der Waals surface area contributed by atoms with Crippen LogP contribution in [-0.2, 0) is 13.1 Å². The fourth-order valence-corrected chi connectivity index (χ4v) is 3.38. The zero-order chi connectivity index (χ0) is 23.7. The van der Waals surface area contributed by atoms with E-state index in [-0.39, 0.29) is 29.3 Å². The smallest absolute Gasteiger partial charge is 0.330 e. The Hall–Kier alpha value is -3.17. The Balaban J connectivity index is 2.56. The van der Waals surface area contributed by atoms with E-state index in [1.807, 2.05) is 20.8 Å². The summed E-state index contributed by atoms with van der Waals surface area (Å²) < 4.78 is 2.55. The minimum atomic E-state index is -0.718. The maximum Gasteiger partial charge on any atom is 0.330 e. The summed E-state index contributed by atoms with van der Waals surface area (Å²) >= 11 is 0. The van der Waals surface area contributed by atoms with Gasteiger partial charge in [0.25, 0.3) is 17.0 Å². The molecule has 0 fully saturated rings. The third-order valence-electron chi connectivity index (χ3n) is 5.26. The first-order valence-electron chi connectivity index (χ1n) is 11.4. The van der Waals surface area contributed by atoms with Crippen molar-refractivity contribution >= 4 is 17.4 Å². The van der Waals surface area contributed by atoms with Crippen molar-refractivity contribution in [2.45, 2.75) is 78.8 Å². The molecule has 0 atom stereocenters. The third-order valence-corrected chi connectivity index (χ3v) is 5.26. The van der Waals surface area contributed by atoms with Crippen LogP contribution in [0.25, 0.3) is 0 Å². The number of aromatic nitrogens is 4. The van der Waals surface area contributed by atoms with Gasteiger partial charge in [0.1, 0.15) is 11.5 Å². The first-order valence-corrected chi connectivity index (χ1v) is 11.4. The fraction of sp³-hybridized carbons (Fsp3) is 0.591. The number of hydrogen-bond acceptors (Lipinski definition) is 6. The number of hydrogen-bond donors (Lipinski definition) is 2. The molecular weight excluding hydrogens is 412 g/mol. The molecule has 10 nitrogen and oxygen atoms in total. The monoisotopic (exact) mass is 446 g/mol. The molecule has 0 radical (unpaired) electrons. The predicted molar refractivity (Wildman–Crippen MR) is 125 cm³/mol. The van der Waals surface area contributed by atoms with Crippen LogP contribution in [0.3, 0.4) is 0 Å². The second-order valence-corrected chi connectivity index (χ2v) is 7.80. The van der Waals surface area contributed by atoms with Gasteiger partial charge in [-0.1, -0.05) is 46.5 Å². The van der Waals surface area contributed by atoms with E-state index in [2.05, 4.69) is 10.1 Å². The Morgan fingerprint density at radius 2 is 1.66 bits per heavy atom. The molecule has 0 saturated heterocycles. The number of unbranched alkanes of at least 4 members (excludes halogenated alkanes) is 4. The number of carbonyl (C=O) groups is 1. The van der Waals surface area contributed by atoms with Gasteiger partial charge in [0.15, 0.2) is 5.69 Å². The molecule has 2 aromatic rings. The number of nitrogens with one attached hydrogen (secondary N) is 1. The van der Waals surface area contributed by atoms with Crippen molar-refractivity contribution in [3.8, 4) is 0 Å². The number of carbonyl (C=O) groups excluding carboxylic acids is 1. The van der Waals surface area contributed by atoms with E-state index in [1.54, 1.807) is 0 Å². The van der Waals surface area contributed by atoms with Gasteiger partial charge in [-0.05, 0) is 25.3 Å². The summed E-state index contributed by atoms with van der Waals surface area (Å²) in [7, 11) is 0. The zero-order valence-electron chi connectivity index (χ0n) is 19.2. The molecule has 2 aromatic heterocycles. The maximum atomic E-state index is 13.4. The highest BCUT2D eigenvalue weighted by molar-refractivity contribution is 6.05. The highest BCUT2D eigenvalue weighted by Crippen LogP contribution is 2.20. The van der Waals surface area contributed by atoms with Gasteiger partial charge in [0.05, 0.1) is 0 Å². The minimum absolute atomic E-state index is 0.0438. The van der Waals surface area contributed by atoms with Crippen molar-refractivity contribution in [1.29, 1.82) is 0 Å². The summed E-state index contributed by atoms with van der Waals surface area (Å²) in [6.07, 6.45) is 5.57. The number of nitrogens with zero attached hydrogens (tertiary/aromatic N) is 4. The van der Waals surface area contributed by atoms with Crippen LogP contribution in [0, 0.1) is 0 Å². The molecule has 2 heterocycles. The number of H-pyrrole nitrogens is 1. The highest BCUT2D eigenvalue weighted by atomic mass is 16.2. The van der Waals surface area contributed by atoms with E-state index in [0.29, 0.717) is 25.9 Å². The van der Waals surface area contributed by atoms with Crippen LogP contribution < -0.4 is 27.4 Å². The van der Waals surface area contributed by atoms with Crippen LogP contribution in [0.15, 0.2) is 26.5 Å². The summed E-state index contributed by atoms with van der Waals surface area (Å²) in [5, 5.41) is 4.22. The molecule has 2 rings (SSSR count). The highest BCUT2D eigenvalue weighted by Gasteiger charge is 2.26. The summed E-state index contributed by atoms with van der Waals surface area (Å²) in [6.45, 7) is 6.98. The minimum Gasteiger partial charge on any atom is -0.383 e. The second-order valence-electron chi connectivity index (χ2n) is 7.80. The summed E-state index contributed by atoms with van der Waals surface area (Å²) in [4.78, 5) is 54.2. The predicted octanol–water partition coefficient (Wildman–Crippen LogP) is 2.11. The standard InChI is InChI=1S/C22H34N6O4/c1-4-7-10-14-26(18-19(23)27(13-8-5-2)22(32)24-20(18)30)21(31)16-11-12-17(29)28(25-16)15-9-6-3/h11-12H,4-10,13-15,23H2,1-3H3,(H,24,30,32). The van der Waals surface area contributed by atoms with Crippen molar-refractivity contribution in [1.82, 2.24) is 19.3 Å². The number of aryl methyl sites for hydroxylation is 1. The quantitative estimate of drug-likeness (QED) is 0.479. The lowest BCUT2D eigenvalue weighted by molar-refractivity contribution is 0.0978. The number of nitrogen functional groups attached to an aromatic ring is 1. The van der Waals surface area contributed by atoms with Gasteiger partial charge in [-0.25, -0.2) is 9.48 Å². The Morgan fingerprint density at radius 3 is 2.31 bits per heavy atom. The van der Waals surface area contributed by atoms with E-state index < -0.39 is 17.2 Å². The van der Waals surface area contributed by atoms with E-state index >= 15 is 0 Å². The largest absolute Gasteiger partial charge is 0.383 e. The first-order chi connectivity index (χ1) is 15.3. The van der Waals surface area contributed by atoms with Gasteiger partial charge in [-0.15, -0.1) is 0 Å². The van der Waals surface area contributed by atoms with Gasteiger partial charge in [-0.3, -0.25) is 28.8 Å². The van der Waals surface area contributed by atoms with Crippen molar-refractivity contribution in [3.05, 3.63) is 49.0 Å². The van der Waals surface area contributed by atoms with Crippen LogP contribution in [0.4, 0.5) is 11.5 Å². The number of rotatable bonds is 12. The molecule has 0 aliphatic rings. The molecule has 0 saturated carbocycles. The van der Waals surface area contributed by atoms with Crippen LogP contribution in [0.1, 0.15) is 76.2 Å². The first kappa shape index (κ1) is 25.1. The topological polar surface area (TPSA) is 136 Å². The lowest BCUT2D eigenvalue weighted by Crippen LogP contribution is -2.42. The normalized spacial score (nSPS) is 11.0. The van der Waals surface area contributed by atoms with E-state index in [0.717, 1.165) is 32.1 Å². The lowest BCUT2D eigenvalue weighted by Gasteiger charge is -2.24. The number of amides is 1. The summed E-state index contributed by atoms with van der Waals surface area (Å²) in [6, 6.07) is 2.66. The van der Waals surface area contributed by atoms with Crippen molar-refractivity contribution in [2.24, 2.45) is 0 Å². The van der Waals surface area contributed by atoms with Gasteiger partial charge in [0.2, 0.25) is 0 Å². The molecule has 10 heteroatoms. The molecule has 0 unspecified atom stereocenters. The molecular formula is C22H34N6O4. The number of anilines is 2. The third kappa shape index (κ3) is 5.95. The average Bonchev–Trinajstić information content (AvgIpc) is 2.76. The Morgan fingerprint density at radius 1 is 1.00 bits per heavy atom. The van der Waals surface area contributed by atoms with Crippen molar-refractivity contribution < 1.29 is 4.79 Å². The maximum absolute atomic E-state index is 13.4. The SMILES string of the molecule is CCCCCN(C(=O)c1ccc(=O)n(CCCC)n1)c1c(N)n(CCCC)c(=O)[nH]c1=O. The van der Waals surface area contributed by atoms with Crippen LogP contribution in [-0.4, -0.2) is 31.8 Å². The Labute approximate surface area is 187 Å². The fourth-order valence-electron chi connectivity index (χ4n) is 3.38. The van der Waals surface area contributed by atoms with Gasteiger partial charge in [0, 0.05) is 25.7 Å². The van der Waals surface area contributed by atoms with Gasteiger partial charge < -0.3 is 5.73 Å². The second kappa shape index (κ2) is 12.0. The summed E-state index contributed by atoms with van der Waals surface area (Å²) in [5.41, 5.74) is 4.61. The van der Waals surface area contributed by atoms with Gasteiger partial charge in [-0.2, -0.15) is 5.10 Å². The molecule has 1 amide bonds. The lowest BCUT2D eigenvalue weighted by atomic mass is 10.2. The Kier molecular flexibility index (Phi) is 9.42. The average molecular weight is 447 g/mol. The van der Waals surface area contributed by atoms with Crippen LogP contribution in [0.2, 0.25) is 0 Å². The zero-order valence-corrected chi connectivity index (χ0v) is 19.2. The molecule has 0 spiro atoms. The molecule has 0 aromatic carbocycles. The number of aromatic amines is 1. The molecule has 0 bridgehead atoms. The van der Waals surface area contributed by atoms with Crippen LogP contribution in [0.5, 0.6) is 0 Å². The van der Waals surface area contributed by atoms with E-state index in [9.17, 15) is 19.2 Å². The van der Waals surface area contributed by atoms with E-state index in [1.165, 1.54) is 26.3 Å². The molecule has 32 heavy (non-hydrogen) atoms. The van der Waals surface area contributed by atoms with Crippen molar-refractivity contribution in [2.75, 3.05) is 17.2 Å². The molecule has 3 N–H and O–H groups in total.